The van der Waals surface area contributed by atoms with Gasteiger partial charge >= 0.3 is 0 Å². The van der Waals surface area contributed by atoms with Gasteiger partial charge in [0.2, 0.25) is 0 Å². The van der Waals surface area contributed by atoms with Crippen LogP contribution in [0.1, 0.15) is 42.5 Å². The summed E-state index contributed by atoms with van der Waals surface area (Å²) in [6, 6.07) is 12.8. The van der Waals surface area contributed by atoms with E-state index in [-0.39, 0.29) is 0 Å². The van der Waals surface area contributed by atoms with Crippen LogP contribution in [0.15, 0.2) is 46.4 Å². The van der Waals surface area contributed by atoms with Gasteiger partial charge in [0.15, 0.2) is 0 Å². The quantitative estimate of drug-likeness (QED) is 0.601. The summed E-state index contributed by atoms with van der Waals surface area (Å²) in [4.78, 5) is 9.47. The minimum Gasteiger partial charge on any atom is -0.258 e. The smallest absolute Gasteiger partial charge is 0.0634 e. The lowest BCUT2D eigenvalue weighted by molar-refractivity contribution is 1.32. The first kappa shape index (κ1) is 17.1. The van der Waals surface area contributed by atoms with Crippen LogP contribution >= 0.6 is 0 Å². The molecule has 2 aromatic carbocycles. The molecule has 0 fully saturated rings. The zero-order valence-electron chi connectivity index (χ0n) is 15.1. The Labute approximate surface area is 140 Å². The van der Waals surface area contributed by atoms with Gasteiger partial charge in [-0.05, 0) is 88.1 Å². The van der Waals surface area contributed by atoms with E-state index in [1.165, 1.54) is 22.3 Å². The molecule has 0 N–H and O–H groups in total. The van der Waals surface area contributed by atoms with Gasteiger partial charge in [-0.25, -0.2) is 0 Å². The molecule has 0 aromatic heterocycles. The van der Waals surface area contributed by atoms with Gasteiger partial charge in [0.25, 0.3) is 0 Å². The summed E-state index contributed by atoms with van der Waals surface area (Å²) in [7, 11) is 0. The number of aryl methyl sites for hydroxylation is 4. The molecule has 2 nitrogen and oxygen atoms in total. The Morgan fingerprint density at radius 2 is 0.913 bits per heavy atom. The van der Waals surface area contributed by atoms with Crippen molar-refractivity contribution in [2.45, 2.75) is 48.0 Å². The molecular weight excluding hydrogens is 280 g/mol. The lowest BCUT2D eigenvalue weighted by Crippen LogP contribution is -2.00. The second-order valence-corrected chi connectivity index (χ2v) is 6.56. The van der Waals surface area contributed by atoms with E-state index >= 15 is 0 Å². The summed E-state index contributed by atoms with van der Waals surface area (Å²) in [5, 5.41) is 0. The first-order valence-corrected chi connectivity index (χ1v) is 8.07. The predicted molar refractivity (Wildman–Crippen MR) is 102 cm³/mol. The van der Waals surface area contributed by atoms with E-state index in [0.29, 0.717) is 0 Å². The molecule has 2 rings (SSSR count). The van der Waals surface area contributed by atoms with Gasteiger partial charge < -0.3 is 0 Å². The number of hydrogen-bond donors (Lipinski definition) is 0. The minimum absolute atomic E-state index is 0.792. The molecule has 0 unspecified atom stereocenters. The molecule has 0 saturated carbocycles. The summed E-state index contributed by atoms with van der Waals surface area (Å²) < 4.78 is 0. The van der Waals surface area contributed by atoms with Gasteiger partial charge in [-0.2, -0.15) is 0 Å². The summed E-state index contributed by atoms with van der Waals surface area (Å²) in [6.45, 7) is 12.6. The van der Waals surface area contributed by atoms with E-state index in [0.717, 1.165) is 29.2 Å². The Bertz CT molecular complexity index is 661. The summed E-state index contributed by atoms with van der Waals surface area (Å²) >= 11 is 0. The second kappa shape index (κ2) is 7.36. The lowest BCUT2D eigenvalue weighted by Gasteiger charge is -2.05. The maximum absolute atomic E-state index is 4.73. The number of hydrogen-bond acceptors (Lipinski definition) is 2. The molecule has 23 heavy (non-hydrogen) atoms. The van der Waals surface area contributed by atoms with Crippen molar-refractivity contribution in [1.29, 1.82) is 0 Å². The number of nitrogens with zero attached hydrogens (tertiary/aromatic N) is 2. The molecule has 0 aliphatic rings. The van der Waals surface area contributed by atoms with Crippen molar-refractivity contribution in [2.24, 2.45) is 9.98 Å². The molecule has 0 atom stereocenters. The van der Waals surface area contributed by atoms with Gasteiger partial charge in [0, 0.05) is 17.8 Å². The molecule has 0 bridgehead atoms. The highest BCUT2D eigenvalue weighted by Crippen LogP contribution is 2.19. The van der Waals surface area contributed by atoms with Crippen LogP contribution in [0.2, 0.25) is 0 Å². The van der Waals surface area contributed by atoms with E-state index in [1.807, 2.05) is 0 Å². The summed E-state index contributed by atoms with van der Waals surface area (Å²) in [6.07, 6.45) is 0.792. The van der Waals surface area contributed by atoms with Crippen molar-refractivity contribution in [1.82, 2.24) is 0 Å². The van der Waals surface area contributed by atoms with E-state index < -0.39 is 0 Å². The van der Waals surface area contributed by atoms with Gasteiger partial charge in [0.05, 0.1) is 11.4 Å². The van der Waals surface area contributed by atoms with Crippen LogP contribution in [0.3, 0.4) is 0 Å². The number of aliphatic imine (C=N–C) groups is 2. The average molecular weight is 306 g/mol. The number of benzene rings is 2. The standard InChI is InChI=1S/C21H26N2/c1-14-7-15(2)10-20(9-14)22-18(5)13-19(6)23-21-11-16(3)8-17(4)12-21/h7-12H,13H2,1-6H3/b22-18+,23-19+. The molecule has 120 valence electrons. The van der Waals surface area contributed by atoms with Crippen molar-refractivity contribution in [3.63, 3.8) is 0 Å². The lowest BCUT2D eigenvalue weighted by atomic mass is 10.1. The van der Waals surface area contributed by atoms with Crippen LogP contribution in [-0.2, 0) is 0 Å². The zero-order valence-corrected chi connectivity index (χ0v) is 15.1. The Balaban J connectivity index is 2.16. The third-order valence-electron chi connectivity index (χ3n) is 3.56. The molecule has 0 aliphatic heterocycles. The monoisotopic (exact) mass is 306 g/mol. The number of rotatable bonds is 4. The topological polar surface area (TPSA) is 24.7 Å². The van der Waals surface area contributed by atoms with Gasteiger partial charge in [-0.1, -0.05) is 12.1 Å². The zero-order chi connectivity index (χ0) is 17.0. The van der Waals surface area contributed by atoms with Crippen LogP contribution in [0.25, 0.3) is 0 Å². The SMILES string of the molecule is C/C(C/C(C)=N/c1cc(C)cc(C)c1)=N\c1cc(C)cc(C)c1. The summed E-state index contributed by atoms with van der Waals surface area (Å²) in [5.74, 6) is 0. The van der Waals surface area contributed by atoms with E-state index in [4.69, 9.17) is 9.98 Å². The van der Waals surface area contributed by atoms with Crippen LogP contribution in [0, 0.1) is 27.7 Å². The Hall–Kier alpha value is -2.22. The third kappa shape index (κ3) is 5.48. The molecule has 0 heterocycles. The van der Waals surface area contributed by atoms with Gasteiger partial charge in [-0.15, -0.1) is 0 Å². The van der Waals surface area contributed by atoms with Crippen molar-refractivity contribution in [3.8, 4) is 0 Å². The molecule has 0 amide bonds. The highest BCUT2D eigenvalue weighted by molar-refractivity contribution is 6.04. The second-order valence-electron chi connectivity index (χ2n) is 6.56. The molecule has 2 aromatic rings. The molecule has 0 aliphatic carbocycles. The largest absolute Gasteiger partial charge is 0.258 e. The Kier molecular flexibility index (Phi) is 5.49. The van der Waals surface area contributed by atoms with Crippen molar-refractivity contribution < 1.29 is 0 Å². The predicted octanol–water partition coefficient (Wildman–Crippen LogP) is 6.20. The van der Waals surface area contributed by atoms with Gasteiger partial charge in [-0.3, -0.25) is 9.98 Å². The molecule has 0 radical (unpaired) electrons. The van der Waals surface area contributed by atoms with E-state index in [9.17, 15) is 0 Å². The van der Waals surface area contributed by atoms with Gasteiger partial charge in [0.1, 0.15) is 0 Å². The van der Waals surface area contributed by atoms with Crippen LogP contribution in [-0.4, -0.2) is 11.4 Å². The highest BCUT2D eigenvalue weighted by atomic mass is 14.8. The Morgan fingerprint density at radius 1 is 0.609 bits per heavy atom. The van der Waals surface area contributed by atoms with Crippen LogP contribution in [0.4, 0.5) is 11.4 Å². The van der Waals surface area contributed by atoms with Crippen LogP contribution in [0.5, 0.6) is 0 Å². The summed E-state index contributed by atoms with van der Waals surface area (Å²) in [5.41, 5.74) is 9.21. The fourth-order valence-corrected chi connectivity index (χ4v) is 2.92. The van der Waals surface area contributed by atoms with Crippen molar-refractivity contribution >= 4 is 22.8 Å². The Morgan fingerprint density at radius 3 is 1.22 bits per heavy atom. The highest BCUT2D eigenvalue weighted by Gasteiger charge is 2.00. The molecule has 0 spiro atoms. The first-order valence-electron chi connectivity index (χ1n) is 8.07. The van der Waals surface area contributed by atoms with E-state index in [2.05, 4.69) is 77.9 Å². The third-order valence-corrected chi connectivity index (χ3v) is 3.56. The maximum Gasteiger partial charge on any atom is 0.0634 e. The maximum atomic E-state index is 4.73. The van der Waals surface area contributed by atoms with Crippen molar-refractivity contribution in [2.75, 3.05) is 0 Å². The normalized spacial score (nSPS) is 12.6. The molecular formula is C21H26N2. The first-order chi connectivity index (χ1) is 10.8. The van der Waals surface area contributed by atoms with E-state index in [1.54, 1.807) is 0 Å². The van der Waals surface area contributed by atoms with Crippen LogP contribution < -0.4 is 0 Å². The average Bonchev–Trinajstić information content (AvgIpc) is 2.34. The fraction of sp³-hybridized carbons (Fsp3) is 0.333. The molecule has 0 saturated heterocycles. The fourth-order valence-electron chi connectivity index (χ4n) is 2.92. The van der Waals surface area contributed by atoms with Crippen molar-refractivity contribution in [3.05, 3.63) is 58.7 Å². The molecule has 2 heteroatoms. The minimum atomic E-state index is 0.792.